The smallest absolute Gasteiger partial charge is 0.379 e. The SMILES string of the molecule is COC(=O)C(=O)/C(=C(\Cc1ccccc1)C(=O)OC)c1ccccc1. The third kappa shape index (κ3) is 4.41. The van der Waals surface area contributed by atoms with Crippen LogP contribution in [0.2, 0.25) is 0 Å². The molecule has 0 aliphatic rings. The van der Waals surface area contributed by atoms with Crippen molar-refractivity contribution in [1.29, 1.82) is 0 Å². The van der Waals surface area contributed by atoms with Gasteiger partial charge in [0.05, 0.1) is 19.8 Å². The Kier molecular flexibility index (Phi) is 6.23. The number of hydrogen-bond donors (Lipinski definition) is 0. The van der Waals surface area contributed by atoms with Crippen LogP contribution in [-0.2, 0) is 30.3 Å². The molecular weight excluding hydrogens is 320 g/mol. The number of esters is 2. The van der Waals surface area contributed by atoms with Gasteiger partial charge in [-0.3, -0.25) is 4.79 Å². The van der Waals surface area contributed by atoms with E-state index in [0.29, 0.717) is 5.56 Å². The molecule has 0 aromatic heterocycles. The summed E-state index contributed by atoms with van der Waals surface area (Å²) < 4.78 is 9.40. The van der Waals surface area contributed by atoms with Crippen molar-refractivity contribution in [1.82, 2.24) is 0 Å². The summed E-state index contributed by atoms with van der Waals surface area (Å²) in [6.45, 7) is 0. The van der Waals surface area contributed by atoms with E-state index >= 15 is 0 Å². The standard InChI is InChI=1S/C20H18O5/c1-24-19(22)16(13-14-9-5-3-6-10-14)17(18(21)20(23)25-2)15-11-7-4-8-12-15/h3-12H,13H2,1-2H3/b17-16+. The van der Waals surface area contributed by atoms with Gasteiger partial charge in [-0.15, -0.1) is 0 Å². The van der Waals surface area contributed by atoms with Gasteiger partial charge in [-0.1, -0.05) is 60.7 Å². The molecule has 0 radical (unpaired) electrons. The third-order valence-electron chi connectivity index (χ3n) is 3.62. The maximum Gasteiger partial charge on any atom is 0.379 e. The number of Topliss-reactive ketones (excluding diaryl/α,β-unsaturated/α-hetero) is 1. The molecule has 2 aromatic rings. The second-order valence-electron chi connectivity index (χ2n) is 5.19. The number of methoxy groups -OCH3 is 2. The highest BCUT2D eigenvalue weighted by atomic mass is 16.5. The first-order chi connectivity index (χ1) is 12.1. The highest BCUT2D eigenvalue weighted by Crippen LogP contribution is 2.24. The number of ether oxygens (including phenoxy) is 2. The second-order valence-corrected chi connectivity index (χ2v) is 5.19. The number of carbonyl (C=O) groups is 3. The zero-order chi connectivity index (χ0) is 18.2. The molecule has 128 valence electrons. The molecule has 0 aliphatic heterocycles. The molecule has 2 aromatic carbocycles. The van der Waals surface area contributed by atoms with Gasteiger partial charge in [-0.05, 0) is 11.1 Å². The number of ketones is 1. The van der Waals surface area contributed by atoms with E-state index in [4.69, 9.17) is 4.74 Å². The summed E-state index contributed by atoms with van der Waals surface area (Å²) in [4.78, 5) is 36.8. The molecule has 0 fully saturated rings. The van der Waals surface area contributed by atoms with Crippen molar-refractivity contribution in [2.75, 3.05) is 14.2 Å². The van der Waals surface area contributed by atoms with Crippen LogP contribution < -0.4 is 0 Å². The Morgan fingerprint density at radius 2 is 1.28 bits per heavy atom. The van der Waals surface area contributed by atoms with E-state index in [1.165, 1.54) is 7.11 Å². The van der Waals surface area contributed by atoms with Crippen molar-refractivity contribution in [2.24, 2.45) is 0 Å². The molecular formula is C20H18O5. The minimum atomic E-state index is -1.03. The molecule has 5 heteroatoms. The number of benzene rings is 2. The van der Waals surface area contributed by atoms with E-state index in [2.05, 4.69) is 4.74 Å². The zero-order valence-corrected chi connectivity index (χ0v) is 14.0. The zero-order valence-electron chi connectivity index (χ0n) is 14.0. The van der Waals surface area contributed by atoms with Crippen molar-refractivity contribution in [2.45, 2.75) is 6.42 Å². The fourth-order valence-electron chi connectivity index (χ4n) is 2.43. The van der Waals surface area contributed by atoms with Crippen LogP contribution in [0.3, 0.4) is 0 Å². The lowest BCUT2D eigenvalue weighted by Gasteiger charge is -2.13. The topological polar surface area (TPSA) is 69.7 Å². The predicted octanol–water partition coefficient (Wildman–Crippen LogP) is 2.60. The molecule has 2 rings (SSSR count). The summed E-state index contributed by atoms with van der Waals surface area (Å²) >= 11 is 0. The van der Waals surface area contributed by atoms with Crippen LogP contribution in [-0.4, -0.2) is 31.9 Å². The lowest BCUT2D eigenvalue weighted by Crippen LogP contribution is -2.22. The van der Waals surface area contributed by atoms with E-state index < -0.39 is 17.7 Å². The molecule has 0 saturated carbocycles. The van der Waals surface area contributed by atoms with E-state index in [0.717, 1.165) is 12.7 Å². The van der Waals surface area contributed by atoms with Crippen LogP contribution in [0.5, 0.6) is 0 Å². The van der Waals surface area contributed by atoms with E-state index in [1.54, 1.807) is 30.3 Å². The summed E-state index contributed by atoms with van der Waals surface area (Å²) in [7, 11) is 2.36. The summed E-state index contributed by atoms with van der Waals surface area (Å²) in [5.41, 5.74) is 1.36. The van der Waals surface area contributed by atoms with Crippen LogP contribution in [0, 0.1) is 0 Å². The van der Waals surface area contributed by atoms with E-state index in [1.807, 2.05) is 30.3 Å². The Morgan fingerprint density at radius 1 is 0.760 bits per heavy atom. The third-order valence-corrected chi connectivity index (χ3v) is 3.62. The molecule has 0 bridgehead atoms. The van der Waals surface area contributed by atoms with Crippen molar-refractivity contribution in [3.63, 3.8) is 0 Å². The molecule has 5 nitrogen and oxygen atoms in total. The minimum Gasteiger partial charge on any atom is -0.466 e. The van der Waals surface area contributed by atoms with Crippen molar-refractivity contribution in [3.05, 3.63) is 77.4 Å². The molecule has 0 atom stereocenters. The van der Waals surface area contributed by atoms with Gasteiger partial charge in [0.1, 0.15) is 0 Å². The average molecular weight is 338 g/mol. The van der Waals surface area contributed by atoms with Gasteiger partial charge in [-0.25, -0.2) is 9.59 Å². The summed E-state index contributed by atoms with van der Waals surface area (Å²) in [6, 6.07) is 17.7. The maximum absolute atomic E-state index is 12.6. The highest BCUT2D eigenvalue weighted by molar-refractivity contribution is 6.53. The first kappa shape index (κ1) is 18.1. The van der Waals surface area contributed by atoms with Crippen LogP contribution in [0.15, 0.2) is 66.2 Å². The number of hydrogen-bond acceptors (Lipinski definition) is 5. The van der Waals surface area contributed by atoms with Crippen LogP contribution in [0.1, 0.15) is 11.1 Å². The normalized spacial score (nSPS) is 11.3. The van der Waals surface area contributed by atoms with Gasteiger partial charge < -0.3 is 9.47 Å². The fraction of sp³-hybridized carbons (Fsp3) is 0.150. The Bertz CT molecular complexity index is 791. The predicted molar refractivity (Wildman–Crippen MR) is 92.5 cm³/mol. The van der Waals surface area contributed by atoms with Gasteiger partial charge >= 0.3 is 11.9 Å². The second kappa shape index (κ2) is 8.59. The quantitative estimate of drug-likeness (QED) is 0.460. The fourth-order valence-corrected chi connectivity index (χ4v) is 2.43. The highest BCUT2D eigenvalue weighted by Gasteiger charge is 2.28. The summed E-state index contributed by atoms with van der Waals surface area (Å²) in [5, 5.41) is 0. The van der Waals surface area contributed by atoms with E-state index in [-0.39, 0.29) is 17.6 Å². The molecule has 0 heterocycles. The monoisotopic (exact) mass is 338 g/mol. The van der Waals surface area contributed by atoms with Gasteiger partial charge in [0.25, 0.3) is 5.78 Å². The molecule has 0 unspecified atom stereocenters. The van der Waals surface area contributed by atoms with Gasteiger partial charge in [-0.2, -0.15) is 0 Å². The van der Waals surface area contributed by atoms with Crippen molar-refractivity contribution < 1.29 is 23.9 Å². The summed E-state index contributed by atoms with van der Waals surface area (Å²) in [5.74, 6) is -2.58. The lowest BCUT2D eigenvalue weighted by molar-refractivity contribution is -0.149. The summed E-state index contributed by atoms with van der Waals surface area (Å²) in [6.07, 6.45) is 0.153. The number of rotatable bonds is 6. The van der Waals surface area contributed by atoms with Gasteiger partial charge in [0.15, 0.2) is 0 Å². The molecule has 25 heavy (non-hydrogen) atoms. The van der Waals surface area contributed by atoms with E-state index in [9.17, 15) is 14.4 Å². The molecule has 0 spiro atoms. The van der Waals surface area contributed by atoms with Crippen LogP contribution in [0.4, 0.5) is 0 Å². The lowest BCUT2D eigenvalue weighted by atomic mass is 9.92. The number of carbonyl (C=O) groups excluding carboxylic acids is 3. The Labute approximate surface area is 145 Å². The van der Waals surface area contributed by atoms with Gasteiger partial charge in [0.2, 0.25) is 0 Å². The van der Waals surface area contributed by atoms with Crippen LogP contribution >= 0.6 is 0 Å². The largest absolute Gasteiger partial charge is 0.466 e. The average Bonchev–Trinajstić information content (AvgIpc) is 2.67. The Morgan fingerprint density at radius 3 is 1.80 bits per heavy atom. The van der Waals surface area contributed by atoms with Crippen molar-refractivity contribution >= 4 is 23.3 Å². The first-order valence-corrected chi connectivity index (χ1v) is 7.62. The Balaban J connectivity index is 2.65. The van der Waals surface area contributed by atoms with Gasteiger partial charge in [0, 0.05) is 12.0 Å². The molecule has 0 N–H and O–H groups in total. The molecule has 0 aliphatic carbocycles. The minimum absolute atomic E-state index is 0.0110. The van der Waals surface area contributed by atoms with Crippen molar-refractivity contribution in [3.8, 4) is 0 Å². The molecule has 0 amide bonds. The Hall–Kier alpha value is -3.21. The maximum atomic E-state index is 12.6. The first-order valence-electron chi connectivity index (χ1n) is 7.62. The molecule has 0 saturated heterocycles. The van der Waals surface area contributed by atoms with Crippen LogP contribution in [0.25, 0.3) is 5.57 Å².